The normalized spacial score (nSPS) is 16.4. The number of carbonyl (C=O) groups excluding carboxylic acids is 2. The fourth-order valence-corrected chi connectivity index (χ4v) is 2.55. The summed E-state index contributed by atoms with van der Waals surface area (Å²) in [4.78, 5) is 24.1. The van der Waals surface area contributed by atoms with E-state index in [9.17, 15) is 9.59 Å². The van der Waals surface area contributed by atoms with Gasteiger partial charge in [0.05, 0.1) is 6.61 Å². The zero-order chi connectivity index (χ0) is 18.3. The van der Waals surface area contributed by atoms with E-state index < -0.39 is 17.7 Å². The Kier molecular flexibility index (Phi) is 6.76. The van der Waals surface area contributed by atoms with Gasteiger partial charge in [-0.05, 0) is 23.6 Å². The molecule has 0 unspecified atom stereocenters. The number of benzene rings is 1. The monoisotopic (exact) mass is 346 g/mol. The van der Waals surface area contributed by atoms with Crippen LogP contribution in [-0.2, 0) is 30.4 Å². The van der Waals surface area contributed by atoms with Gasteiger partial charge in [-0.25, -0.2) is 9.59 Å². The molecular formula is C20H26O5. The molecule has 2 rings (SSSR count). The summed E-state index contributed by atoms with van der Waals surface area (Å²) in [6, 6.07) is 7.50. The summed E-state index contributed by atoms with van der Waals surface area (Å²) in [6.45, 7) is 6.36. The van der Waals surface area contributed by atoms with Crippen molar-refractivity contribution in [2.45, 2.75) is 58.8 Å². The maximum absolute atomic E-state index is 12.1. The SMILES string of the molecule is CCCCCCOCc1ccccc1C=C1C(=O)OC(C)(C)OC1=O. The van der Waals surface area contributed by atoms with Gasteiger partial charge in [0, 0.05) is 20.5 Å². The number of rotatable bonds is 8. The van der Waals surface area contributed by atoms with Gasteiger partial charge in [-0.3, -0.25) is 0 Å². The lowest BCUT2D eigenvalue weighted by Crippen LogP contribution is -2.41. The molecule has 0 saturated carbocycles. The molecule has 0 N–H and O–H groups in total. The fourth-order valence-electron chi connectivity index (χ4n) is 2.55. The minimum Gasteiger partial charge on any atom is -0.419 e. The van der Waals surface area contributed by atoms with Gasteiger partial charge in [0.2, 0.25) is 0 Å². The van der Waals surface area contributed by atoms with Crippen LogP contribution in [-0.4, -0.2) is 24.3 Å². The van der Waals surface area contributed by atoms with Gasteiger partial charge in [0.25, 0.3) is 5.79 Å². The molecule has 1 fully saturated rings. The summed E-state index contributed by atoms with van der Waals surface area (Å²) >= 11 is 0. The average Bonchev–Trinajstić information content (AvgIpc) is 2.54. The highest BCUT2D eigenvalue weighted by molar-refractivity contribution is 6.18. The summed E-state index contributed by atoms with van der Waals surface area (Å²) < 4.78 is 16.0. The third-order valence-corrected chi connectivity index (χ3v) is 3.87. The van der Waals surface area contributed by atoms with Crippen LogP contribution in [0.15, 0.2) is 29.8 Å². The summed E-state index contributed by atoms with van der Waals surface area (Å²) in [5.41, 5.74) is 1.56. The van der Waals surface area contributed by atoms with Crippen LogP contribution in [0.25, 0.3) is 6.08 Å². The van der Waals surface area contributed by atoms with Crippen LogP contribution in [0.3, 0.4) is 0 Å². The zero-order valence-electron chi connectivity index (χ0n) is 15.2. The molecule has 0 aromatic heterocycles. The number of esters is 2. The third kappa shape index (κ3) is 5.71. The molecule has 1 aliphatic heterocycles. The molecule has 1 heterocycles. The predicted molar refractivity (Wildman–Crippen MR) is 94.5 cm³/mol. The van der Waals surface area contributed by atoms with Gasteiger partial charge in [-0.15, -0.1) is 0 Å². The third-order valence-electron chi connectivity index (χ3n) is 3.87. The maximum Gasteiger partial charge on any atom is 0.348 e. The smallest absolute Gasteiger partial charge is 0.348 e. The maximum atomic E-state index is 12.1. The molecular weight excluding hydrogens is 320 g/mol. The van der Waals surface area contributed by atoms with E-state index in [2.05, 4.69) is 6.92 Å². The van der Waals surface area contributed by atoms with E-state index in [1.807, 2.05) is 24.3 Å². The molecule has 0 spiro atoms. The lowest BCUT2D eigenvalue weighted by molar-refractivity contribution is -0.222. The van der Waals surface area contributed by atoms with Gasteiger partial charge in [0.1, 0.15) is 5.57 Å². The average molecular weight is 346 g/mol. The number of carbonyl (C=O) groups is 2. The predicted octanol–water partition coefficient (Wildman–Crippen LogP) is 4.00. The fraction of sp³-hybridized carbons (Fsp3) is 0.500. The van der Waals surface area contributed by atoms with Crippen LogP contribution >= 0.6 is 0 Å². The minimum atomic E-state index is -1.23. The van der Waals surface area contributed by atoms with Crippen molar-refractivity contribution in [2.24, 2.45) is 0 Å². The molecule has 1 saturated heterocycles. The highest BCUT2D eigenvalue weighted by atomic mass is 16.7. The second kappa shape index (κ2) is 8.81. The quantitative estimate of drug-likeness (QED) is 0.308. The van der Waals surface area contributed by atoms with Crippen molar-refractivity contribution >= 4 is 18.0 Å². The van der Waals surface area contributed by atoms with E-state index in [0.717, 1.165) is 24.0 Å². The standard InChI is InChI=1S/C20H26O5/c1-4-5-6-9-12-23-14-16-11-8-7-10-15(16)13-17-18(21)24-20(2,3)25-19(17)22/h7-8,10-11,13H,4-6,9,12,14H2,1-3H3. The molecule has 1 aliphatic rings. The van der Waals surface area contributed by atoms with Crippen molar-refractivity contribution in [3.63, 3.8) is 0 Å². The Hall–Kier alpha value is -2.14. The molecule has 136 valence electrons. The van der Waals surface area contributed by atoms with Gasteiger partial charge in [-0.2, -0.15) is 0 Å². The molecule has 5 heteroatoms. The van der Waals surface area contributed by atoms with Crippen molar-refractivity contribution in [3.05, 3.63) is 41.0 Å². The Bertz CT molecular complexity index is 623. The summed E-state index contributed by atoms with van der Waals surface area (Å²) in [5.74, 6) is -2.57. The molecule has 25 heavy (non-hydrogen) atoms. The number of hydrogen-bond donors (Lipinski definition) is 0. The highest BCUT2D eigenvalue weighted by Gasteiger charge is 2.38. The summed E-state index contributed by atoms with van der Waals surface area (Å²) in [5, 5.41) is 0. The van der Waals surface area contributed by atoms with Crippen LogP contribution in [0, 0.1) is 0 Å². The van der Waals surface area contributed by atoms with Gasteiger partial charge < -0.3 is 14.2 Å². The van der Waals surface area contributed by atoms with E-state index in [1.54, 1.807) is 0 Å². The largest absolute Gasteiger partial charge is 0.419 e. The first-order valence-electron chi connectivity index (χ1n) is 8.77. The second-order valence-corrected chi connectivity index (χ2v) is 6.55. The van der Waals surface area contributed by atoms with Crippen molar-refractivity contribution in [1.82, 2.24) is 0 Å². The molecule has 0 atom stereocenters. The Morgan fingerprint density at radius 3 is 2.40 bits per heavy atom. The van der Waals surface area contributed by atoms with Gasteiger partial charge in [-0.1, -0.05) is 50.5 Å². The van der Waals surface area contributed by atoms with Crippen LogP contribution < -0.4 is 0 Å². The number of unbranched alkanes of at least 4 members (excludes halogenated alkanes) is 3. The minimum absolute atomic E-state index is 0.102. The summed E-state index contributed by atoms with van der Waals surface area (Å²) in [6.07, 6.45) is 6.11. The number of cyclic esters (lactones) is 2. The summed E-state index contributed by atoms with van der Waals surface area (Å²) in [7, 11) is 0. The van der Waals surface area contributed by atoms with Crippen LogP contribution in [0.4, 0.5) is 0 Å². The molecule has 0 amide bonds. The Morgan fingerprint density at radius 1 is 1.04 bits per heavy atom. The van der Waals surface area contributed by atoms with E-state index in [4.69, 9.17) is 14.2 Å². The lowest BCUT2D eigenvalue weighted by atomic mass is 10.0. The van der Waals surface area contributed by atoms with E-state index in [-0.39, 0.29) is 5.57 Å². The molecule has 1 aromatic carbocycles. The first kappa shape index (κ1) is 19.2. The first-order valence-corrected chi connectivity index (χ1v) is 8.77. The molecule has 0 bridgehead atoms. The van der Waals surface area contributed by atoms with E-state index >= 15 is 0 Å². The molecule has 1 aromatic rings. The second-order valence-electron chi connectivity index (χ2n) is 6.55. The van der Waals surface area contributed by atoms with Gasteiger partial charge >= 0.3 is 11.9 Å². The van der Waals surface area contributed by atoms with Gasteiger partial charge in [0.15, 0.2) is 0 Å². The van der Waals surface area contributed by atoms with E-state index in [1.165, 1.54) is 32.8 Å². The Labute approximate surface area is 149 Å². The Morgan fingerprint density at radius 2 is 1.72 bits per heavy atom. The van der Waals surface area contributed by atoms with Crippen molar-refractivity contribution < 1.29 is 23.8 Å². The van der Waals surface area contributed by atoms with Crippen LogP contribution in [0.2, 0.25) is 0 Å². The van der Waals surface area contributed by atoms with Crippen molar-refractivity contribution in [1.29, 1.82) is 0 Å². The van der Waals surface area contributed by atoms with Crippen LogP contribution in [0.5, 0.6) is 0 Å². The molecule has 0 radical (unpaired) electrons. The zero-order valence-corrected chi connectivity index (χ0v) is 15.2. The van der Waals surface area contributed by atoms with Crippen molar-refractivity contribution in [3.8, 4) is 0 Å². The first-order chi connectivity index (χ1) is 11.9. The molecule has 5 nitrogen and oxygen atoms in total. The van der Waals surface area contributed by atoms with Crippen molar-refractivity contribution in [2.75, 3.05) is 6.61 Å². The number of hydrogen-bond acceptors (Lipinski definition) is 5. The number of ether oxygens (including phenoxy) is 3. The molecule has 0 aliphatic carbocycles. The topological polar surface area (TPSA) is 61.8 Å². The highest BCUT2D eigenvalue weighted by Crippen LogP contribution is 2.25. The lowest BCUT2D eigenvalue weighted by Gasteiger charge is -2.29. The van der Waals surface area contributed by atoms with Crippen LogP contribution in [0.1, 0.15) is 57.6 Å². The Balaban J connectivity index is 2.05. The van der Waals surface area contributed by atoms with E-state index in [0.29, 0.717) is 13.2 Å².